The molecule has 1 heterocycles. The van der Waals surface area contributed by atoms with Crippen LogP contribution in [0.2, 0.25) is 0 Å². The lowest BCUT2D eigenvalue weighted by molar-refractivity contribution is -0.123. The lowest BCUT2D eigenvalue weighted by Crippen LogP contribution is -2.42. The van der Waals surface area contributed by atoms with Gasteiger partial charge in [-0.25, -0.2) is 0 Å². The smallest absolute Gasteiger partial charge is 0.257 e. The van der Waals surface area contributed by atoms with Gasteiger partial charge in [0.25, 0.3) is 5.91 Å². The van der Waals surface area contributed by atoms with Crippen LogP contribution in [-0.4, -0.2) is 56.8 Å². The van der Waals surface area contributed by atoms with E-state index in [1.165, 1.54) is 0 Å². The molecule has 1 N–H and O–H groups in total. The van der Waals surface area contributed by atoms with Crippen LogP contribution in [0, 0.1) is 6.92 Å². The standard InChI is InChI=1S/C16H24N2O3/c1-13-4-3-5-14(10-13)21-12-16(19)17-7-6-15-11-18(2)8-9-20-15/h3-5,10,15H,6-9,11-12H2,1-2H3,(H,17,19). The number of hydrogen-bond acceptors (Lipinski definition) is 4. The third-order valence-electron chi connectivity index (χ3n) is 3.49. The average molecular weight is 292 g/mol. The normalized spacial score (nSPS) is 19.2. The maximum absolute atomic E-state index is 11.7. The number of aryl methyl sites for hydroxylation is 1. The lowest BCUT2D eigenvalue weighted by Gasteiger charge is -2.30. The number of rotatable bonds is 6. The Bertz CT molecular complexity index is 465. The van der Waals surface area contributed by atoms with Crippen molar-refractivity contribution in [3.05, 3.63) is 29.8 Å². The van der Waals surface area contributed by atoms with Crippen LogP contribution in [0.3, 0.4) is 0 Å². The first kappa shape index (κ1) is 15.8. The van der Waals surface area contributed by atoms with Crippen molar-refractivity contribution in [3.63, 3.8) is 0 Å². The van der Waals surface area contributed by atoms with Gasteiger partial charge >= 0.3 is 0 Å². The van der Waals surface area contributed by atoms with Crippen LogP contribution in [-0.2, 0) is 9.53 Å². The summed E-state index contributed by atoms with van der Waals surface area (Å²) in [6.07, 6.45) is 1.04. The van der Waals surface area contributed by atoms with Crippen molar-refractivity contribution in [3.8, 4) is 5.75 Å². The molecule has 1 aromatic carbocycles. The van der Waals surface area contributed by atoms with E-state index < -0.39 is 0 Å². The molecule has 0 radical (unpaired) electrons. The molecule has 116 valence electrons. The molecule has 1 fully saturated rings. The number of hydrogen-bond donors (Lipinski definition) is 1. The molecular formula is C16H24N2O3. The van der Waals surface area contributed by atoms with Crippen molar-refractivity contribution < 1.29 is 14.3 Å². The zero-order valence-electron chi connectivity index (χ0n) is 12.8. The van der Waals surface area contributed by atoms with E-state index in [9.17, 15) is 4.79 Å². The van der Waals surface area contributed by atoms with Crippen molar-refractivity contribution in [1.82, 2.24) is 10.2 Å². The number of nitrogens with zero attached hydrogens (tertiary/aromatic N) is 1. The Balaban J connectivity index is 1.61. The van der Waals surface area contributed by atoms with Crippen LogP contribution in [0.1, 0.15) is 12.0 Å². The molecule has 1 aliphatic heterocycles. The first-order chi connectivity index (χ1) is 10.1. The lowest BCUT2D eigenvalue weighted by atomic mass is 10.2. The molecule has 0 aliphatic carbocycles. The average Bonchev–Trinajstić information content (AvgIpc) is 2.45. The predicted octanol–water partition coefficient (Wildman–Crippen LogP) is 1.21. The molecule has 1 unspecified atom stereocenters. The topological polar surface area (TPSA) is 50.8 Å². The Morgan fingerprint density at radius 2 is 2.38 bits per heavy atom. The van der Waals surface area contributed by atoms with Crippen molar-refractivity contribution in [2.24, 2.45) is 0 Å². The first-order valence-corrected chi connectivity index (χ1v) is 7.40. The largest absolute Gasteiger partial charge is 0.484 e. The monoisotopic (exact) mass is 292 g/mol. The molecule has 21 heavy (non-hydrogen) atoms. The number of carbonyl (C=O) groups excluding carboxylic acids is 1. The van der Waals surface area contributed by atoms with Gasteiger partial charge in [0.2, 0.25) is 0 Å². The van der Waals surface area contributed by atoms with Gasteiger partial charge in [-0.2, -0.15) is 0 Å². The van der Waals surface area contributed by atoms with E-state index in [1.54, 1.807) is 0 Å². The second-order valence-corrected chi connectivity index (χ2v) is 5.50. The van der Waals surface area contributed by atoms with Crippen LogP contribution >= 0.6 is 0 Å². The molecule has 2 rings (SSSR count). The SMILES string of the molecule is Cc1cccc(OCC(=O)NCCC2CN(C)CCO2)c1. The van der Waals surface area contributed by atoms with Crippen LogP contribution in [0.25, 0.3) is 0 Å². The highest BCUT2D eigenvalue weighted by Crippen LogP contribution is 2.12. The van der Waals surface area contributed by atoms with Crippen LogP contribution in [0.15, 0.2) is 24.3 Å². The minimum absolute atomic E-state index is 0.0505. The highest BCUT2D eigenvalue weighted by molar-refractivity contribution is 5.77. The van der Waals surface area contributed by atoms with E-state index >= 15 is 0 Å². The fraction of sp³-hybridized carbons (Fsp3) is 0.562. The van der Waals surface area contributed by atoms with Gasteiger partial charge in [0.15, 0.2) is 6.61 Å². The minimum atomic E-state index is -0.0966. The van der Waals surface area contributed by atoms with Gasteiger partial charge in [-0.05, 0) is 38.1 Å². The van der Waals surface area contributed by atoms with Crippen LogP contribution in [0.5, 0.6) is 5.75 Å². The predicted molar refractivity (Wildman–Crippen MR) is 81.5 cm³/mol. The zero-order valence-corrected chi connectivity index (χ0v) is 12.8. The summed E-state index contributed by atoms with van der Waals surface area (Å²) in [4.78, 5) is 14.0. The van der Waals surface area contributed by atoms with Crippen molar-refractivity contribution in [2.45, 2.75) is 19.4 Å². The van der Waals surface area contributed by atoms with E-state index in [2.05, 4.69) is 17.3 Å². The van der Waals surface area contributed by atoms with Gasteiger partial charge in [-0.15, -0.1) is 0 Å². The fourth-order valence-corrected chi connectivity index (χ4v) is 2.32. The van der Waals surface area contributed by atoms with E-state index in [0.29, 0.717) is 6.54 Å². The third-order valence-corrected chi connectivity index (χ3v) is 3.49. The molecule has 1 atom stereocenters. The number of likely N-dealkylation sites (N-methyl/N-ethyl adjacent to an activating group) is 1. The van der Waals surface area contributed by atoms with Crippen LogP contribution < -0.4 is 10.1 Å². The summed E-state index contributed by atoms with van der Waals surface area (Å²) >= 11 is 0. The molecule has 1 aliphatic rings. The highest BCUT2D eigenvalue weighted by Gasteiger charge is 2.17. The van der Waals surface area contributed by atoms with Gasteiger partial charge in [-0.3, -0.25) is 4.79 Å². The molecule has 5 heteroatoms. The minimum Gasteiger partial charge on any atom is -0.484 e. The molecule has 0 aromatic heterocycles. The van der Waals surface area contributed by atoms with E-state index in [4.69, 9.17) is 9.47 Å². The fourth-order valence-electron chi connectivity index (χ4n) is 2.32. The second-order valence-electron chi connectivity index (χ2n) is 5.50. The second kappa shape index (κ2) is 8.00. The Morgan fingerprint density at radius 3 is 3.14 bits per heavy atom. The molecule has 0 spiro atoms. The van der Waals surface area contributed by atoms with E-state index in [-0.39, 0.29) is 18.6 Å². The summed E-state index contributed by atoms with van der Waals surface area (Å²) in [6, 6.07) is 7.68. The highest BCUT2D eigenvalue weighted by atomic mass is 16.5. The third kappa shape index (κ3) is 5.73. The maximum atomic E-state index is 11.7. The summed E-state index contributed by atoms with van der Waals surface area (Å²) in [6.45, 7) is 5.34. The summed E-state index contributed by atoms with van der Waals surface area (Å²) < 4.78 is 11.1. The Labute approximate surface area is 126 Å². The quantitative estimate of drug-likeness (QED) is 0.856. The number of amides is 1. The van der Waals surface area contributed by atoms with Crippen LogP contribution in [0.4, 0.5) is 0 Å². The van der Waals surface area contributed by atoms with Gasteiger partial charge in [0.1, 0.15) is 5.75 Å². The zero-order chi connectivity index (χ0) is 15.1. The van der Waals surface area contributed by atoms with Gasteiger partial charge in [0.05, 0.1) is 12.7 Å². The number of benzene rings is 1. The Kier molecular flexibility index (Phi) is 6.02. The molecule has 1 amide bonds. The molecule has 1 saturated heterocycles. The number of nitrogens with one attached hydrogen (secondary N) is 1. The summed E-state index contributed by atoms with van der Waals surface area (Å²) in [5.74, 6) is 0.628. The number of ether oxygens (including phenoxy) is 2. The van der Waals surface area contributed by atoms with Gasteiger partial charge in [0, 0.05) is 19.6 Å². The van der Waals surface area contributed by atoms with Gasteiger partial charge < -0.3 is 19.7 Å². The Hall–Kier alpha value is -1.59. The van der Waals surface area contributed by atoms with Crippen molar-refractivity contribution in [1.29, 1.82) is 0 Å². The molecule has 0 bridgehead atoms. The van der Waals surface area contributed by atoms with Crippen molar-refractivity contribution >= 4 is 5.91 Å². The summed E-state index contributed by atoms with van der Waals surface area (Å²) in [5.41, 5.74) is 1.12. The first-order valence-electron chi connectivity index (χ1n) is 7.40. The number of carbonyl (C=O) groups is 1. The molecular weight excluding hydrogens is 268 g/mol. The molecule has 5 nitrogen and oxygen atoms in total. The van der Waals surface area contributed by atoms with Gasteiger partial charge in [-0.1, -0.05) is 12.1 Å². The maximum Gasteiger partial charge on any atom is 0.257 e. The van der Waals surface area contributed by atoms with E-state index in [0.717, 1.165) is 37.4 Å². The number of morpholine rings is 1. The summed E-state index contributed by atoms with van der Waals surface area (Å²) in [5, 5.41) is 2.87. The van der Waals surface area contributed by atoms with Crippen molar-refractivity contribution in [2.75, 3.05) is 39.9 Å². The van der Waals surface area contributed by atoms with E-state index in [1.807, 2.05) is 31.2 Å². The Morgan fingerprint density at radius 1 is 1.52 bits per heavy atom. The molecule has 0 saturated carbocycles. The molecule has 1 aromatic rings. The summed E-state index contributed by atoms with van der Waals surface area (Å²) in [7, 11) is 2.09.